The second kappa shape index (κ2) is 5.00. The molecule has 1 aromatic rings. The van der Waals surface area contributed by atoms with E-state index in [0.717, 1.165) is 13.0 Å². The number of hydrogen-bond donors (Lipinski definition) is 1. The molecular weight excluding hydrogens is 198 g/mol. The topological polar surface area (TPSA) is 29.9 Å². The quantitative estimate of drug-likeness (QED) is 0.846. The zero-order chi connectivity index (χ0) is 11.5. The molecular formula is C13H23N3. The molecule has 90 valence electrons. The van der Waals surface area contributed by atoms with Gasteiger partial charge >= 0.3 is 0 Å². The fourth-order valence-electron chi connectivity index (χ4n) is 2.76. The summed E-state index contributed by atoms with van der Waals surface area (Å²) >= 11 is 0. The predicted molar refractivity (Wildman–Crippen MR) is 66.6 cm³/mol. The maximum Gasteiger partial charge on any atom is 0.109 e. The summed E-state index contributed by atoms with van der Waals surface area (Å²) in [6.45, 7) is 5.46. The van der Waals surface area contributed by atoms with Crippen LogP contribution in [0.4, 0.5) is 0 Å². The number of hydrogen-bond acceptors (Lipinski definition) is 2. The average Bonchev–Trinajstić information content (AvgIpc) is 2.60. The van der Waals surface area contributed by atoms with Gasteiger partial charge in [-0.1, -0.05) is 6.92 Å². The van der Waals surface area contributed by atoms with Crippen LogP contribution in [0.25, 0.3) is 0 Å². The van der Waals surface area contributed by atoms with Gasteiger partial charge in [0.05, 0.1) is 5.69 Å². The van der Waals surface area contributed by atoms with E-state index < -0.39 is 0 Å². The molecule has 0 bridgehead atoms. The number of aryl methyl sites for hydroxylation is 1. The Kier molecular flexibility index (Phi) is 3.64. The SMILES string of the molecule is CCCc1nc(CNC)c2n1C(C)CCC2. The first-order valence-electron chi connectivity index (χ1n) is 6.51. The third kappa shape index (κ3) is 2.01. The van der Waals surface area contributed by atoms with E-state index in [9.17, 15) is 0 Å². The fourth-order valence-corrected chi connectivity index (χ4v) is 2.76. The normalized spacial score (nSPS) is 19.8. The molecule has 1 unspecified atom stereocenters. The summed E-state index contributed by atoms with van der Waals surface area (Å²) in [6, 6.07) is 0.642. The Morgan fingerprint density at radius 1 is 1.50 bits per heavy atom. The van der Waals surface area contributed by atoms with Gasteiger partial charge in [0.15, 0.2) is 0 Å². The minimum absolute atomic E-state index is 0.642. The summed E-state index contributed by atoms with van der Waals surface area (Å²) in [7, 11) is 2.00. The van der Waals surface area contributed by atoms with Gasteiger partial charge in [-0.3, -0.25) is 0 Å². The summed E-state index contributed by atoms with van der Waals surface area (Å²) in [5.74, 6) is 1.30. The van der Waals surface area contributed by atoms with Crippen LogP contribution in [0.2, 0.25) is 0 Å². The van der Waals surface area contributed by atoms with Gasteiger partial charge in [0.1, 0.15) is 5.82 Å². The van der Waals surface area contributed by atoms with Crippen LogP contribution in [0.3, 0.4) is 0 Å². The van der Waals surface area contributed by atoms with Crippen molar-refractivity contribution < 1.29 is 0 Å². The van der Waals surface area contributed by atoms with Gasteiger partial charge in [0.25, 0.3) is 0 Å². The lowest BCUT2D eigenvalue weighted by molar-refractivity contribution is 0.416. The lowest BCUT2D eigenvalue weighted by atomic mass is 10.0. The lowest BCUT2D eigenvalue weighted by Gasteiger charge is -2.24. The van der Waals surface area contributed by atoms with E-state index in [1.807, 2.05) is 7.05 Å². The van der Waals surface area contributed by atoms with E-state index in [1.165, 1.54) is 42.9 Å². The summed E-state index contributed by atoms with van der Waals surface area (Å²) < 4.78 is 2.50. The predicted octanol–water partition coefficient (Wildman–Crippen LogP) is 2.45. The van der Waals surface area contributed by atoms with Crippen LogP contribution in [-0.2, 0) is 19.4 Å². The van der Waals surface area contributed by atoms with E-state index >= 15 is 0 Å². The molecule has 0 amide bonds. The van der Waals surface area contributed by atoms with Crippen LogP contribution in [-0.4, -0.2) is 16.6 Å². The first-order chi connectivity index (χ1) is 7.77. The van der Waals surface area contributed by atoms with Gasteiger partial charge in [-0.05, 0) is 39.7 Å². The van der Waals surface area contributed by atoms with E-state index in [-0.39, 0.29) is 0 Å². The van der Waals surface area contributed by atoms with Crippen LogP contribution >= 0.6 is 0 Å². The van der Waals surface area contributed by atoms with Crippen molar-refractivity contribution in [3.63, 3.8) is 0 Å². The number of imidazole rings is 1. The van der Waals surface area contributed by atoms with Crippen molar-refractivity contribution in [2.24, 2.45) is 0 Å². The maximum atomic E-state index is 4.82. The van der Waals surface area contributed by atoms with Gasteiger partial charge in [-0.25, -0.2) is 4.98 Å². The Labute approximate surface area is 98.3 Å². The molecule has 1 aromatic heterocycles. The zero-order valence-corrected chi connectivity index (χ0v) is 10.7. The molecule has 16 heavy (non-hydrogen) atoms. The standard InChI is InChI=1S/C13H23N3/c1-4-6-13-15-11(9-14-3)12-8-5-7-10(2)16(12)13/h10,14H,4-9H2,1-3H3. The molecule has 1 N–H and O–H groups in total. The highest BCUT2D eigenvalue weighted by Gasteiger charge is 2.23. The van der Waals surface area contributed by atoms with Crippen LogP contribution in [0.15, 0.2) is 0 Å². The molecule has 1 aliphatic rings. The lowest BCUT2D eigenvalue weighted by Crippen LogP contribution is -2.18. The third-order valence-electron chi connectivity index (χ3n) is 3.46. The minimum Gasteiger partial charge on any atom is -0.329 e. The number of nitrogens with zero attached hydrogens (tertiary/aromatic N) is 2. The smallest absolute Gasteiger partial charge is 0.109 e. The number of rotatable bonds is 4. The van der Waals surface area contributed by atoms with Crippen molar-refractivity contribution >= 4 is 0 Å². The van der Waals surface area contributed by atoms with Crippen molar-refractivity contribution in [2.75, 3.05) is 7.05 Å². The summed E-state index contributed by atoms with van der Waals surface area (Å²) in [6.07, 6.45) is 6.12. The molecule has 0 saturated heterocycles. The number of nitrogens with one attached hydrogen (secondary N) is 1. The monoisotopic (exact) mass is 221 g/mol. The van der Waals surface area contributed by atoms with Crippen LogP contribution in [0, 0.1) is 0 Å². The minimum atomic E-state index is 0.642. The first-order valence-corrected chi connectivity index (χ1v) is 6.51. The van der Waals surface area contributed by atoms with Gasteiger partial charge in [-0.15, -0.1) is 0 Å². The second-order valence-corrected chi connectivity index (χ2v) is 4.81. The average molecular weight is 221 g/mol. The molecule has 0 fully saturated rings. The molecule has 2 heterocycles. The first kappa shape index (κ1) is 11.6. The highest BCUT2D eigenvalue weighted by molar-refractivity contribution is 5.20. The van der Waals surface area contributed by atoms with Crippen molar-refractivity contribution in [1.29, 1.82) is 0 Å². The molecule has 1 aliphatic heterocycles. The maximum absolute atomic E-state index is 4.82. The molecule has 0 radical (unpaired) electrons. The molecule has 3 heteroatoms. The van der Waals surface area contributed by atoms with Gasteiger partial charge in [0.2, 0.25) is 0 Å². The molecule has 0 aliphatic carbocycles. The summed E-state index contributed by atoms with van der Waals surface area (Å²) in [5, 5.41) is 3.23. The molecule has 0 aromatic carbocycles. The third-order valence-corrected chi connectivity index (χ3v) is 3.46. The van der Waals surface area contributed by atoms with Crippen molar-refractivity contribution in [1.82, 2.24) is 14.9 Å². The van der Waals surface area contributed by atoms with Crippen molar-refractivity contribution in [2.45, 2.75) is 58.5 Å². The van der Waals surface area contributed by atoms with E-state index in [2.05, 4.69) is 23.7 Å². The fraction of sp³-hybridized carbons (Fsp3) is 0.769. The summed E-state index contributed by atoms with van der Waals surface area (Å²) in [4.78, 5) is 4.82. The van der Waals surface area contributed by atoms with E-state index in [0.29, 0.717) is 6.04 Å². The van der Waals surface area contributed by atoms with Crippen molar-refractivity contribution in [3.8, 4) is 0 Å². The van der Waals surface area contributed by atoms with Crippen LogP contribution < -0.4 is 5.32 Å². The Balaban J connectivity index is 2.38. The van der Waals surface area contributed by atoms with E-state index in [4.69, 9.17) is 4.98 Å². The molecule has 1 atom stereocenters. The molecule has 3 nitrogen and oxygen atoms in total. The van der Waals surface area contributed by atoms with E-state index in [1.54, 1.807) is 0 Å². The summed E-state index contributed by atoms with van der Waals surface area (Å²) in [5.41, 5.74) is 2.76. The molecule has 2 rings (SSSR count). The largest absolute Gasteiger partial charge is 0.329 e. The van der Waals surface area contributed by atoms with Crippen molar-refractivity contribution in [3.05, 3.63) is 17.2 Å². The molecule has 0 spiro atoms. The number of aromatic nitrogens is 2. The number of fused-ring (bicyclic) bond motifs is 1. The Morgan fingerprint density at radius 3 is 3.00 bits per heavy atom. The van der Waals surface area contributed by atoms with Crippen LogP contribution in [0.5, 0.6) is 0 Å². The Morgan fingerprint density at radius 2 is 2.31 bits per heavy atom. The second-order valence-electron chi connectivity index (χ2n) is 4.81. The van der Waals surface area contributed by atoms with Crippen LogP contribution in [0.1, 0.15) is 56.4 Å². The van der Waals surface area contributed by atoms with Gasteiger partial charge in [0, 0.05) is 24.7 Å². The van der Waals surface area contributed by atoms with Gasteiger partial charge < -0.3 is 9.88 Å². The molecule has 0 saturated carbocycles. The highest BCUT2D eigenvalue weighted by Crippen LogP contribution is 2.29. The zero-order valence-electron chi connectivity index (χ0n) is 10.7. The Hall–Kier alpha value is -0.830. The highest BCUT2D eigenvalue weighted by atomic mass is 15.1. The van der Waals surface area contributed by atoms with Gasteiger partial charge in [-0.2, -0.15) is 0 Å². The Bertz CT molecular complexity index is 354.